The van der Waals surface area contributed by atoms with Crippen molar-refractivity contribution in [3.8, 4) is 0 Å². The van der Waals surface area contributed by atoms with E-state index >= 15 is 0 Å². The molecular formula is C13H18. The summed E-state index contributed by atoms with van der Waals surface area (Å²) in [5.41, 5.74) is 1.81. The molecule has 3 rings (SSSR count). The van der Waals surface area contributed by atoms with E-state index in [4.69, 9.17) is 0 Å². The van der Waals surface area contributed by atoms with E-state index in [9.17, 15) is 0 Å². The van der Waals surface area contributed by atoms with Crippen LogP contribution in [-0.4, -0.2) is 0 Å². The van der Waals surface area contributed by atoms with Gasteiger partial charge in [0.25, 0.3) is 0 Å². The molecule has 0 amide bonds. The SMILES string of the molecule is C1=CC2CC1CC2C1=CCCCC1. The molecule has 0 aromatic heterocycles. The van der Waals surface area contributed by atoms with Crippen LogP contribution in [0.3, 0.4) is 0 Å². The number of hydrogen-bond acceptors (Lipinski definition) is 0. The van der Waals surface area contributed by atoms with E-state index in [1.165, 1.54) is 38.5 Å². The lowest BCUT2D eigenvalue weighted by Gasteiger charge is -2.24. The van der Waals surface area contributed by atoms with E-state index < -0.39 is 0 Å². The van der Waals surface area contributed by atoms with Gasteiger partial charge in [0, 0.05) is 0 Å². The predicted octanol–water partition coefficient (Wildman–Crippen LogP) is 3.70. The predicted molar refractivity (Wildman–Crippen MR) is 55.4 cm³/mol. The summed E-state index contributed by atoms with van der Waals surface area (Å²) in [6, 6.07) is 0. The smallest absolute Gasteiger partial charge is 0.0134 e. The molecule has 0 heterocycles. The van der Waals surface area contributed by atoms with Gasteiger partial charge in [-0.1, -0.05) is 23.8 Å². The molecule has 3 atom stereocenters. The third-order valence-electron chi connectivity index (χ3n) is 4.08. The average molecular weight is 174 g/mol. The topological polar surface area (TPSA) is 0 Å². The van der Waals surface area contributed by atoms with Crippen molar-refractivity contribution in [3.05, 3.63) is 23.8 Å². The van der Waals surface area contributed by atoms with Crippen LogP contribution >= 0.6 is 0 Å². The van der Waals surface area contributed by atoms with Crippen LogP contribution in [0.1, 0.15) is 38.5 Å². The van der Waals surface area contributed by atoms with Gasteiger partial charge in [0.15, 0.2) is 0 Å². The molecular weight excluding hydrogens is 156 g/mol. The van der Waals surface area contributed by atoms with Crippen molar-refractivity contribution < 1.29 is 0 Å². The second-order valence-electron chi connectivity index (χ2n) is 4.91. The Bertz CT molecular complexity index is 259. The maximum Gasteiger partial charge on any atom is -0.0134 e. The lowest BCUT2D eigenvalue weighted by Crippen LogP contribution is -2.11. The quantitative estimate of drug-likeness (QED) is 0.532. The Kier molecular flexibility index (Phi) is 1.81. The highest BCUT2D eigenvalue weighted by molar-refractivity contribution is 5.21. The molecule has 0 saturated heterocycles. The summed E-state index contributed by atoms with van der Waals surface area (Å²) in [4.78, 5) is 0. The third kappa shape index (κ3) is 1.27. The maximum atomic E-state index is 2.54. The van der Waals surface area contributed by atoms with E-state index in [0.717, 1.165) is 17.8 Å². The molecule has 0 nitrogen and oxygen atoms in total. The van der Waals surface area contributed by atoms with E-state index in [1.54, 1.807) is 0 Å². The zero-order valence-electron chi connectivity index (χ0n) is 8.21. The number of rotatable bonds is 1. The Morgan fingerprint density at radius 2 is 2.08 bits per heavy atom. The molecule has 0 aromatic rings. The summed E-state index contributed by atoms with van der Waals surface area (Å²) in [5, 5.41) is 0. The molecule has 0 aromatic carbocycles. The summed E-state index contributed by atoms with van der Waals surface area (Å²) < 4.78 is 0. The van der Waals surface area contributed by atoms with Gasteiger partial charge in [-0.15, -0.1) is 0 Å². The largest absolute Gasteiger partial charge is 0.0851 e. The lowest BCUT2D eigenvalue weighted by molar-refractivity contribution is 0.482. The van der Waals surface area contributed by atoms with Crippen LogP contribution in [0.4, 0.5) is 0 Å². The Balaban J connectivity index is 1.79. The zero-order chi connectivity index (χ0) is 8.67. The molecule has 13 heavy (non-hydrogen) atoms. The molecule has 3 aliphatic rings. The summed E-state index contributed by atoms with van der Waals surface area (Å²) in [6.07, 6.45) is 16.0. The Labute approximate surface area is 80.7 Å². The minimum absolute atomic E-state index is 0.925. The first kappa shape index (κ1) is 7.84. The highest BCUT2D eigenvalue weighted by Gasteiger charge is 2.37. The third-order valence-corrected chi connectivity index (χ3v) is 4.08. The number of allylic oxidation sites excluding steroid dienone is 4. The second kappa shape index (κ2) is 3.01. The minimum Gasteiger partial charge on any atom is -0.0851 e. The van der Waals surface area contributed by atoms with Gasteiger partial charge >= 0.3 is 0 Å². The van der Waals surface area contributed by atoms with Gasteiger partial charge in [0.2, 0.25) is 0 Å². The van der Waals surface area contributed by atoms with E-state index in [1.807, 2.05) is 5.57 Å². The van der Waals surface area contributed by atoms with Crippen molar-refractivity contribution in [2.45, 2.75) is 38.5 Å². The molecule has 3 aliphatic carbocycles. The van der Waals surface area contributed by atoms with Crippen molar-refractivity contribution in [3.63, 3.8) is 0 Å². The van der Waals surface area contributed by atoms with Crippen LogP contribution in [0, 0.1) is 17.8 Å². The van der Waals surface area contributed by atoms with Crippen LogP contribution in [0.5, 0.6) is 0 Å². The fourth-order valence-electron chi connectivity index (χ4n) is 3.41. The zero-order valence-corrected chi connectivity index (χ0v) is 8.21. The molecule has 3 unspecified atom stereocenters. The van der Waals surface area contributed by atoms with Crippen LogP contribution < -0.4 is 0 Å². The average Bonchev–Trinajstić information content (AvgIpc) is 2.80. The van der Waals surface area contributed by atoms with E-state index in [-0.39, 0.29) is 0 Å². The second-order valence-corrected chi connectivity index (χ2v) is 4.91. The van der Waals surface area contributed by atoms with Crippen molar-refractivity contribution in [1.29, 1.82) is 0 Å². The highest BCUT2D eigenvalue weighted by Crippen LogP contribution is 2.48. The fraction of sp³-hybridized carbons (Fsp3) is 0.692. The van der Waals surface area contributed by atoms with Crippen LogP contribution in [0.25, 0.3) is 0 Å². The van der Waals surface area contributed by atoms with Crippen molar-refractivity contribution in [2.24, 2.45) is 17.8 Å². The first-order chi connectivity index (χ1) is 6.43. The van der Waals surface area contributed by atoms with Crippen LogP contribution in [0.15, 0.2) is 23.8 Å². The molecule has 0 N–H and O–H groups in total. The molecule has 0 heteroatoms. The minimum atomic E-state index is 0.925. The molecule has 0 aliphatic heterocycles. The summed E-state index contributed by atoms with van der Waals surface area (Å²) in [5.74, 6) is 2.82. The van der Waals surface area contributed by atoms with Crippen LogP contribution in [-0.2, 0) is 0 Å². The lowest BCUT2D eigenvalue weighted by atomic mass is 9.81. The maximum absolute atomic E-state index is 2.54. The first-order valence-corrected chi connectivity index (χ1v) is 5.81. The summed E-state index contributed by atoms with van der Waals surface area (Å²) in [7, 11) is 0. The van der Waals surface area contributed by atoms with Gasteiger partial charge in [-0.05, 0) is 56.3 Å². The van der Waals surface area contributed by atoms with Crippen molar-refractivity contribution >= 4 is 0 Å². The van der Waals surface area contributed by atoms with Gasteiger partial charge in [0.05, 0.1) is 0 Å². The van der Waals surface area contributed by atoms with Crippen molar-refractivity contribution in [1.82, 2.24) is 0 Å². The molecule has 0 radical (unpaired) electrons. The van der Waals surface area contributed by atoms with Gasteiger partial charge in [-0.2, -0.15) is 0 Å². The number of hydrogen-bond donors (Lipinski definition) is 0. The standard InChI is InChI=1S/C13H18/c1-2-4-11(5-3-1)13-9-10-6-7-12(13)8-10/h4,6-7,10,12-13H,1-3,5,8-9H2. The number of fused-ring (bicyclic) bond motifs is 2. The normalized spacial score (nSPS) is 42.5. The Morgan fingerprint density at radius 1 is 1.08 bits per heavy atom. The molecule has 1 saturated carbocycles. The molecule has 1 fully saturated rings. The van der Waals surface area contributed by atoms with Crippen LogP contribution in [0.2, 0.25) is 0 Å². The molecule has 70 valence electrons. The van der Waals surface area contributed by atoms with Gasteiger partial charge in [-0.25, -0.2) is 0 Å². The van der Waals surface area contributed by atoms with Gasteiger partial charge in [-0.3, -0.25) is 0 Å². The highest BCUT2D eigenvalue weighted by atomic mass is 14.4. The first-order valence-electron chi connectivity index (χ1n) is 5.81. The van der Waals surface area contributed by atoms with Gasteiger partial charge < -0.3 is 0 Å². The van der Waals surface area contributed by atoms with Crippen molar-refractivity contribution in [2.75, 3.05) is 0 Å². The molecule has 2 bridgehead atoms. The summed E-state index contributed by atoms with van der Waals surface area (Å²) >= 11 is 0. The Hall–Kier alpha value is -0.520. The van der Waals surface area contributed by atoms with E-state index in [0.29, 0.717) is 0 Å². The van der Waals surface area contributed by atoms with Gasteiger partial charge in [0.1, 0.15) is 0 Å². The monoisotopic (exact) mass is 174 g/mol. The molecule has 0 spiro atoms. The Morgan fingerprint density at radius 3 is 2.69 bits per heavy atom. The summed E-state index contributed by atoms with van der Waals surface area (Å²) in [6.45, 7) is 0. The van der Waals surface area contributed by atoms with E-state index in [2.05, 4.69) is 18.2 Å². The fourth-order valence-corrected chi connectivity index (χ4v) is 3.41.